The number of sulfonamides is 1. The number of hydrogen-bond acceptors (Lipinski definition) is 3. The van der Waals surface area contributed by atoms with E-state index in [1.54, 1.807) is 24.3 Å². The molecule has 3 rings (SSSR count). The van der Waals surface area contributed by atoms with Crippen LogP contribution in [0.25, 0.3) is 0 Å². The van der Waals surface area contributed by atoms with E-state index in [-0.39, 0.29) is 4.90 Å². The highest BCUT2D eigenvalue weighted by molar-refractivity contribution is 9.11. The van der Waals surface area contributed by atoms with Crippen LogP contribution in [0.2, 0.25) is 0 Å². The van der Waals surface area contributed by atoms with Crippen LogP contribution in [0.5, 0.6) is 0 Å². The summed E-state index contributed by atoms with van der Waals surface area (Å²) in [6.07, 6.45) is 0.929. The maximum absolute atomic E-state index is 12.5. The molecule has 2 aromatic carbocycles. The first-order chi connectivity index (χ1) is 9.97. The predicted molar refractivity (Wildman–Crippen MR) is 91.3 cm³/mol. The summed E-state index contributed by atoms with van der Waals surface area (Å²) in [4.78, 5) is 0.248. The van der Waals surface area contributed by atoms with Gasteiger partial charge >= 0.3 is 0 Å². The van der Waals surface area contributed by atoms with Gasteiger partial charge < -0.3 is 5.32 Å². The van der Waals surface area contributed by atoms with E-state index >= 15 is 0 Å². The number of rotatable bonds is 3. The van der Waals surface area contributed by atoms with E-state index in [4.69, 9.17) is 0 Å². The van der Waals surface area contributed by atoms with E-state index < -0.39 is 10.0 Å². The van der Waals surface area contributed by atoms with Crippen LogP contribution >= 0.6 is 31.9 Å². The fourth-order valence-electron chi connectivity index (χ4n) is 2.23. The van der Waals surface area contributed by atoms with Crippen LogP contribution in [-0.2, 0) is 16.4 Å². The molecule has 0 fully saturated rings. The van der Waals surface area contributed by atoms with Gasteiger partial charge in [0.15, 0.2) is 0 Å². The van der Waals surface area contributed by atoms with E-state index in [0.29, 0.717) is 14.6 Å². The average molecular weight is 432 g/mol. The third kappa shape index (κ3) is 2.95. The molecule has 0 bridgehead atoms. The summed E-state index contributed by atoms with van der Waals surface area (Å²) in [6.45, 7) is 0.849. The van der Waals surface area contributed by atoms with Crippen molar-refractivity contribution in [3.63, 3.8) is 0 Å². The van der Waals surface area contributed by atoms with Crippen LogP contribution in [0.15, 0.2) is 50.2 Å². The molecule has 1 heterocycles. The monoisotopic (exact) mass is 430 g/mol. The summed E-state index contributed by atoms with van der Waals surface area (Å²) < 4.78 is 29.0. The molecule has 0 amide bonds. The van der Waals surface area contributed by atoms with Crippen molar-refractivity contribution in [3.05, 3.63) is 50.9 Å². The van der Waals surface area contributed by atoms with Crippen LogP contribution < -0.4 is 10.0 Å². The van der Waals surface area contributed by atoms with Gasteiger partial charge in [-0.1, -0.05) is 12.1 Å². The molecule has 0 aromatic heterocycles. The highest BCUT2D eigenvalue weighted by atomic mass is 79.9. The van der Waals surface area contributed by atoms with Gasteiger partial charge in [-0.3, -0.25) is 4.72 Å². The summed E-state index contributed by atoms with van der Waals surface area (Å²) in [5.74, 6) is 0. The topological polar surface area (TPSA) is 58.2 Å². The highest BCUT2D eigenvalue weighted by Gasteiger charge is 2.20. The van der Waals surface area contributed by atoms with Gasteiger partial charge in [0.2, 0.25) is 0 Å². The lowest BCUT2D eigenvalue weighted by Gasteiger charge is -2.12. The van der Waals surface area contributed by atoms with E-state index in [1.165, 1.54) is 0 Å². The standard InChI is InChI=1S/C14H12Br2N2O2S/c15-11-2-1-3-12(16)14(11)18-21(19,20)10-5-4-9-6-7-17-13(9)8-10/h1-5,8,17-18H,6-7H2. The molecule has 0 unspecified atom stereocenters. The van der Waals surface area contributed by atoms with Gasteiger partial charge in [-0.2, -0.15) is 0 Å². The zero-order valence-corrected chi connectivity index (χ0v) is 14.8. The molecule has 7 heteroatoms. The van der Waals surface area contributed by atoms with Crippen molar-refractivity contribution in [2.24, 2.45) is 0 Å². The zero-order valence-electron chi connectivity index (χ0n) is 10.9. The van der Waals surface area contributed by atoms with E-state index in [9.17, 15) is 8.42 Å². The molecule has 0 saturated heterocycles. The maximum atomic E-state index is 12.5. The fraction of sp³-hybridized carbons (Fsp3) is 0.143. The Bertz CT molecular complexity index is 786. The van der Waals surface area contributed by atoms with Crippen LogP contribution in [0.4, 0.5) is 11.4 Å². The Morgan fingerprint density at radius 3 is 2.52 bits per heavy atom. The summed E-state index contributed by atoms with van der Waals surface area (Å²) in [7, 11) is -3.63. The molecule has 0 radical (unpaired) electrons. The molecular formula is C14H12Br2N2O2S. The molecule has 4 nitrogen and oxygen atoms in total. The summed E-state index contributed by atoms with van der Waals surface area (Å²) in [6, 6.07) is 10.6. The van der Waals surface area contributed by atoms with Gasteiger partial charge in [-0.15, -0.1) is 0 Å². The SMILES string of the molecule is O=S(=O)(Nc1c(Br)cccc1Br)c1ccc2c(c1)NCC2. The largest absolute Gasteiger partial charge is 0.384 e. The van der Waals surface area contributed by atoms with Crippen molar-refractivity contribution < 1.29 is 8.42 Å². The number of hydrogen-bond donors (Lipinski definition) is 2. The molecule has 1 aliphatic rings. The van der Waals surface area contributed by atoms with Gasteiger partial charge in [-0.25, -0.2) is 8.42 Å². The Hall–Kier alpha value is -1.05. The van der Waals surface area contributed by atoms with E-state index in [2.05, 4.69) is 41.9 Å². The number of anilines is 2. The van der Waals surface area contributed by atoms with Crippen molar-refractivity contribution >= 4 is 53.3 Å². The van der Waals surface area contributed by atoms with Gasteiger partial charge in [0.1, 0.15) is 0 Å². The smallest absolute Gasteiger partial charge is 0.262 e. The minimum Gasteiger partial charge on any atom is -0.384 e. The van der Waals surface area contributed by atoms with Gasteiger partial charge in [0.25, 0.3) is 10.0 Å². The number of fused-ring (bicyclic) bond motifs is 1. The number of nitrogens with one attached hydrogen (secondary N) is 2. The summed E-state index contributed by atoms with van der Waals surface area (Å²) in [5.41, 5.74) is 2.53. The van der Waals surface area contributed by atoms with Crippen molar-refractivity contribution in [1.82, 2.24) is 0 Å². The maximum Gasteiger partial charge on any atom is 0.262 e. The fourth-order valence-corrected chi connectivity index (χ4v) is 4.81. The lowest BCUT2D eigenvalue weighted by Crippen LogP contribution is -2.14. The Labute approximate surface area is 140 Å². The predicted octanol–water partition coefficient (Wildman–Crippen LogP) is 3.98. The lowest BCUT2D eigenvalue weighted by molar-refractivity contribution is 0.601. The molecule has 0 saturated carbocycles. The van der Waals surface area contributed by atoms with Crippen molar-refractivity contribution in [3.8, 4) is 0 Å². The highest BCUT2D eigenvalue weighted by Crippen LogP contribution is 2.33. The number of para-hydroxylation sites is 1. The average Bonchev–Trinajstić information content (AvgIpc) is 2.90. The molecule has 0 atom stereocenters. The Balaban J connectivity index is 1.98. The molecule has 21 heavy (non-hydrogen) atoms. The Morgan fingerprint density at radius 2 is 1.81 bits per heavy atom. The number of halogens is 2. The minimum atomic E-state index is -3.63. The van der Waals surface area contributed by atoms with E-state index in [1.807, 2.05) is 12.1 Å². The molecule has 2 N–H and O–H groups in total. The third-order valence-electron chi connectivity index (χ3n) is 3.30. The molecule has 0 spiro atoms. The first-order valence-corrected chi connectivity index (χ1v) is 9.38. The van der Waals surface area contributed by atoms with Crippen LogP contribution in [0.3, 0.4) is 0 Å². The first-order valence-electron chi connectivity index (χ1n) is 6.31. The quantitative estimate of drug-likeness (QED) is 0.772. The van der Waals surface area contributed by atoms with Gasteiger partial charge in [0, 0.05) is 21.2 Å². The summed E-state index contributed by atoms with van der Waals surface area (Å²) in [5, 5.41) is 3.19. The molecule has 1 aliphatic heterocycles. The van der Waals surface area contributed by atoms with Crippen molar-refractivity contribution in [1.29, 1.82) is 0 Å². The molecular weight excluding hydrogens is 420 g/mol. The molecule has 2 aromatic rings. The van der Waals surface area contributed by atoms with Crippen LogP contribution in [0, 0.1) is 0 Å². The lowest BCUT2D eigenvalue weighted by atomic mass is 10.2. The Morgan fingerprint density at radius 1 is 1.10 bits per heavy atom. The second-order valence-corrected chi connectivity index (χ2v) is 8.09. The molecule has 0 aliphatic carbocycles. The second-order valence-electron chi connectivity index (χ2n) is 4.70. The van der Waals surface area contributed by atoms with Crippen LogP contribution in [-0.4, -0.2) is 15.0 Å². The summed E-state index contributed by atoms with van der Waals surface area (Å²) >= 11 is 6.71. The molecule has 110 valence electrons. The van der Waals surface area contributed by atoms with Gasteiger partial charge in [0.05, 0.1) is 10.6 Å². The van der Waals surface area contributed by atoms with Crippen LogP contribution in [0.1, 0.15) is 5.56 Å². The van der Waals surface area contributed by atoms with Crippen molar-refractivity contribution in [2.45, 2.75) is 11.3 Å². The third-order valence-corrected chi connectivity index (χ3v) is 5.97. The first kappa shape index (κ1) is 14.9. The van der Waals surface area contributed by atoms with Gasteiger partial charge in [-0.05, 0) is 68.1 Å². The second kappa shape index (κ2) is 5.62. The van der Waals surface area contributed by atoms with E-state index in [0.717, 1.165) is 24.2 Å². The van der Waals surface area contributed by atoms with Crippen molar-refractivity contribution in [2.75, 3.05) is 16.6 Å². The zero-order chi connectivity index (χ0) is 15.0. The minimum absolute atomic E-state index is 0.248. The Kier molecular flexibility index (Phi) is 3.98. The number of benzene rings is 2. The normalized spacial score (nSPS) is 13.6.